The fourth-order valence-electron chi connectivity index (χ4n) is 4.88. The molecule has 7 heteroatoms. The van der Waals surface area contributed by atoms with Crippen molar-refractivity contribution in [3.05, 3.63) is 89.0 Å². The van der Waals surface area contributed by atoms with Gasteiger partial charge in [-0.3, -0.25) is 10.1 Å². The molecule has 5 rings (SSSR count). The third-order valence-corrected chi connectivity index (χ3v) is 7.12. The van der Waals surface area contributed by atoms with Crippen molar-refractivity contribution >= 4 is 23.7 Å². The lowest BCUT2D eigenvalue weighted by Crippen LogP contribution is -2.44. The molecule has 3 aromatic rings. The Bertz CT molecular complexity index is 1300. The van der Waals surface area contributed by atoms with Crippen molar-refractivity contribution in [2.24, 2.45) is 0 Å². The van der Waals surface area contributed by atoms with Crippen molar-refractivity contribution in [1.29, 1.82) is 0 Å². The number of nitrogens with zero attached hydrogens (tertiary/aromatic N) is 1. The molecule has 2 amide bonds. The number of rotatable bonds is 6. The number of carbonyl (C=O) groups is 3. The summed E-state index contributed by atoms with van der Waals surface area (Å²) >= 11 is 0. The molecular formula is C28H26N2O5. The first-order chi connectivity index (χ1) is 16.8. The summed E-state index contributed by atoms with van der Waals surface area (Å²) in [5.41, 5.74) is 5.07. The minimum absolute atomic E-state index is 0.0336. The van der Waals surface area contributed by atoms with Gasteiger partial charge in [0, 0.05) is 24.2 Å². The first-order valence-corrected chi connectivity index (χ1v) is 11.6. The van der Waals surface area contributed by atoms with Gasteiger partial charge in [0.2, 0.25) is 0 Å². The molecule has 1 fully saturated rings. The number of likely N-dealkylation sites (N-methyl/N-ethyl adjacent to an activating group) is 1. The topological polar surface area (TPSA) is 95.9 Å². The van der Waals surface area contributed by atoms with Gasteiger partial charge in [0.25, 0.3) is 5.91 Å². The largest absolute Gasteiger partial charge is 0.479 e. The Morgan fingerprint density at radius 3 is 2.14 bits per heavy atom. The number of hydrogen-bond acceptors (Lipinski definition) is 4. The first-order valence-electron chi connectivity index (χ1n) is 11.6. The molecule has 7 nitrogen and oxygen atoms in total. The van der Waals surface area contributed by atoms with E-state index in [-0.39, 0.29) is 18.4 Å². The summed E-state index contributed by atoms with van der Waals surface area (Å²) in [5.74, 6) is -1.38. The van der Waals surface area contributed by atoms with Crippen molar-refractivity contribution in [2.75, 3.05) is 19.0 Å². The predicted molar refractivity (Wildman–Crippen MR) is 132 cm³/mol. The molecular weight excluding hydrogens is 444 g/mol. The van der Waals surface area contributed by atoms with Crippen LogP contribution in [0.1, 0.15) is 45.8 Å². The molecule has 0 radical (unpaired) electrons. The molecule has 0 bridgehead atoms. The fourth-order valence-corrected chi connectivity index (χ4v) is 4.88. The molecule has 178 valence electrons. The van der Waals surface area contributed by atoms with Crippen molar-refractivity contribution in [1.82, 2.24) is 4.90 Å². The van der Waals surface area contributed by atoms with Crippen molar-refractivity contribution in [3.63, 3.8) is 0 Å². The van der Waals surface area contributed by atoms with Crippen LogP contribution in [0.25, 0.3) is 11.1 Å². The van der Waals surface area contributed by atoms with Crippen molar-refractivity contribution < 1.29 is 24.2 Å². The highest BCUT2D eigenvalue weighted by molar-refractivity contribution is 5.99. The average Bonchev–Trinajstić information content (AvgIpc) is 3.62. The number of benzene rings is 3. The van der Waals surface area contributed by atoms with Crippen LogP contribution in [0.15, 0.2) is 66.7 Å². The SMILES string of the molecule is Cc1cc(C(=O)N(C)C2(C(=O)O)CC2)ccc1NC(=O)OCC1c2ccccc2-c2ccccc21. The van der Waals surface area contributed by atoms with Gasteiger partial charge in [0.05, 0.1) is 0 Å². The van der Waals surface area contributed by atoms with Gasteiger partial charge < -0.3 is 14.7 Å². The highest BCUT2D eigenvalue weighted by Crippen LogP contribution is 2.44. The van der Waals surface area contributed by atoms with Crippen LogP contribution in [0.4, 0.5) is 10.5 Å². The quantitative estimate of drug-likeness (QED) is 0.526. The Morgan fingerprint density at radius 1 is 1.00 bits per heavy atom. The number of aryl methyl sites for hydroxylation is 1. The van der Waals surface area contributed by atoms with E-state index >= 15 is 0 Å². The maximum Gasteiger partial charge on any atom is 0.411 e. The molecule has 3 aromatic carbocycles. The maximum atomic E-state index is 12.8. The third-order valence-electron chi connectivity index (χ3n) is 7.12. The van der Waals surface area contributed by atoms with E-state index in [1.165, 1.54) is 11.9 Å². The monoisotopic (exact) mass is 470 g/mol. The number of amides is 2. The molecule has 0 atom stereocenters. The highest BCUT2D eigenvalue weighted by Gasteiger charge is 2.55. The second-order valence-electron chi connectivity index (χ2n) is 9.18. The Labute approximate surface area is 203 Å². The van der Waals surface area contributed by atoms with Crippen molar-refractivity contribution in [2.45, 2.75) is 31.2 Å². The Morgan fingerprint density at radius 2 is 1.60 bits per heavy atom. The fraction of sp³-hybridized carbons (Fsp3) is 0.250. The van der Waals surface area contributed by atoms with Crippen LogP contribution >= 0.6 is 0 Å². The lowest BCUT2D eigenvalue weighted by molar-refractivity contribution is -0.143. The molecule has 35 heavy (non-hydrogen) atoms. The Balaban J connectivity index is 1.25. The van der Waals surface area contributed by atoms with Gasteiger partial charge >= 0.3 is 12.1 Å². The number of fused-ring (bicyclic) bond motifs is 3. The normalized spacial score (nSPS) is 15.0. The van der Waals surface area contributed by atoms with Crippen LogP contribution < -0.4 is 5.32 Å². The zero-order valence-corrected chi connectivity index (χ0v) is 19.6. The van der Waals surface area contributed by atoms with Crippen molar-refractivity contribution in [3.8, 4) is 11.1 Å². The molecule has 1 saturated carbocycles. The molecule has 2 aliphatic rings. The van der Waals surface area contributed by atoms with Gasteiger partial charge in [-0.2, -0.15) is 0 Å². The molecule has 2 N–H and O–H groups in total. The smallest absolute Gasteiger partial charge is 0.411 e. The third kappa shape index (κ3) is 3.93. The molecule has 0 aromatic heterocycles. The van der Waals surface area contributed by atoms with E-state index in [0.717, 1.165) is 22.3 Å². The summed E-state index contributed by atoms with van der Waals surface area (Å²) in [7, 11) is 1.52. The highest BCUT2D eigenvalue weighted by atomic mass is 16.5. The van der Waals surface area contributed by atoms with Crippen LogP contribution in [0.5, 0.6) is 0 Å². The summed E-state index contributed by atoms with van der Waals surface area (Å²) in [6.07, 6.45) is 0.324. The minimum atomic E-state index is -1.11. The van der Waals surface area contributed by atoms with E-state index < -0.39 is 17.6 Å². The summed E-state index contributed by atoms with van der Waals surface area (Å²) in [5, 5.41) is 12.2. The maximum absolute atomic E-state index is 12.8. The van der Waals surface area contributed by atoms with Gasteiger partial charge in [0.1, 0.15) is 12.1 Å². The van der Waals surface area contributed by atoms with E-state index in [9.17, 15) is 19.5 Å². The number of aliphatic carboxylic acids is 1. The predicted octanol–water partition coefficient (Wildman–Crippen LogP) is 5.05. The number of carboxylic acid groups (broad SMARTS) is 1. The van der Waals surface area contributed by atoms with Gasteiger partial charge in [-0.15, -0.1) is 0 Å². The molecule has 0 heterocycles. The second-order valence-corrected chi connectivity index (χ2v) is 9.18. The van der Waals surface area contributed by atoms with Crippen LogP contribution in [0.3, 0.4) is 0 Å². The second kappa shape index (κ2) is 8.58. The van der Waals surface area contributed by atoms with Gasteiger partial charge in [-0.1, -0.05) is 48.5 Å². The number of carboxylic acids is 1. The van der Waals surface area contributed by atoms with E-state index in [0.29, 0.717) is 29.7 Å². The molecule has 0 spiro atoms. The first kappa shape index (κ1) is 22.7. The molecule has 0 saturated heterocycles. The molecule has 2 aliphatic carbocycles. The van der Waals surface area contributed by atoms with Gasteiger partial charge in [-0.05, 0) is 65.8 Å². The zero-order chi connectivity index (χ0) is 24.7. The lowest BCUT2D eigenvalue weighted by atomic mass is 9.98. The van der Waals surface area contributed by atoms with E-state index in [2.05, 4.69) is 29.6 Å². The number of hydrogen-bond donors (Lipinski definition) is 2. The van der Waals surface area contributed by atoms with E-state index in [4.69, 9.17) is 4.74 Å². The van der Waals surface area contributed by atoms with Crippen LogP contribution in [-0.4, -0.2) is 47.2 Å². The van der Waals surface area contributed by atoms with E-state index in [1.807, 2.05) is 24.3 Å². The molecule has 0 aliphatic heterocycles. The Kier molecular flexibility index (Phi) is 5.55. The number of ether oxygens (including phenoxy) is 1. The zero-order valence-electron chi connectivity index (χ0n) is 19.6. The van der Waals surface area contributed by atoms with Crippen LogP contribution in [-0.2, 0) is 9.53 Å². The van der Waals surface area contributed by atoms with Gasteiger partial charge in [0.15, 0.2) is 0 Å². The molecule has 0 unspecified atom stereocenters. The van der Waals surface area contributed by atoms with Gasteiger partial charge in [-0.25, -0.2) is 9.59 Å². The Hall–Kier alpha value is -4.13. The average molecular weight is 471 g/mol. The summed E-state index contributed by atoms with van der Waals surface area (Å²) in [4.78, 5) is 38.3. The number of nitrogens with one attached hydrogen (secondary N) is 1. The van der Waals surface area contributed by atoms with E-state index in [1.54, 1.807) is 25.1 Å². The summed E-state index contributed by atoms with van der Waals surface area (Å²) in [6.45, 7) is 1.98. The summed E-state index contributed by atoms with van der Waals surface area (Å²) in [6, 6.07) is 21.2. The van der Waals surface area contributed by atoms with Crippen LogP contribution in [0.2, 0.25) is 0 Å². The minimum Gasteiger partial charge on any atom is -0.479 e. The standard InChI is InChI=1S/C28H26N2O5/c1-17-15-18(25(31)30(2)28(13-14-28)26(32)33)11-12-24(17)29-27(34)35-16-23-21-9-5-3-7-19(21)20-8-4-6-10-22(20)23/h3-12,15,23H,13-14,16H2,1-2H3,(H,29,34)(H,32,33). The lowest BCUT2D eigenvalue weighted by Gasteiger charge is -2.24. The summed E-state index contributed by atoms with van der Waals surface area (Å²) < 4.78 is 5.60. The van der Waals surface area contributed by atoms with Crippen LogP contribution in [0, 0.1) is 6.92 Å². The number of anilines is 1. The number of carbonyl (C=O) groups excluding carboxylic acids is 2.